The van der Waals surface area contributed by atoms with Crippen molar-refractivity contribution in [1.82, 2.24) is 4.98 Å². The molecule has 4 N–H and O–H groups in total. The molecule has 0 saturated carbocycles. The average molecular weight is 429 g/mol. The van der Waals surface area contributed by atoms with Gasteiger partial charge in [-0.2, -0.15) is 0 Å². The van der Waals surface area contributed by atoms with Crippen LogP contribution in [0.25, 0.3) is 42.3 Å². The lowest BCUT2D eigenvalue weighted by atomic mass is 9.96. The number of nitrogens with one attached hydrogen (secondary N) is 1. The zero-order valence-electron chi connectivity index (χ0n) is 17.4. The number of aryl methyl sites for hydroxylation is 2. The van der Waals surface area contributed by atoms with Crippen LogP contribution in [0.4, 0.5) is 0 Å². The Morgan fingerprint density at radius 1 is 1.03 bits per heavy atom. The highest BCUT2D eigenvalue weighted by atomic mass is 32.1. The number of aromatic carboxylic acids is 1. The van der Waals surface area contributed by atoms with Gasteiger partial charge < -0.3 is 15.8 Å². The highest BCUT2D eigenvalue weighted by Gasteiger charge is 2.20. The minimum atomic E-state index is -0.894. The first kappa shape index (κ1) is 19.8. The molecule has 2 heterocycles. The van der Waals surface area contributed by atoms with Gasteiger partial charge in [0.05, 0.1) is 5.56 Å². The number of thiophene rings is 1. The Labute approximate surface area is 184 Å². The van der Waals surface area contributed by atoms with Gasteiger partial charge in [-0.05, 0) is 73.7 Å². The molecule has 0 aliphatic carbocycles. The van der Waals surface area contributed by atoms with Gasteiger partial charge in [0.2, 0.25) is 0 Å². The molecule has 156 valence electrons. The van der Waals surface area contributed by atoms with Crippen molar-refractivity contribution in [2.24, 2.45) is 5.73 Å². The molecule has 0 amide bonds. The van der Waals surface area contributed by atoms with Crippen molar-refractivity contribution < 1.29 is 9.90 Å². The minimum Gasteiger partial charge on any atom is -0.478 e. The van der Waals surface area contributed by atoms with Crippen molar-refractivity contribution in [2.75, 3.05) is 6.54 Å². The fraction of sp³-hybridized carbons (Fsp3) is 0.192. The SMILES string of the molecule is Cc1ccc(C(=O)O)c2c(CCCCN)c(-c3ccc4sc5ccccc5c4c3)[nH]c12. The van der Waals surface area contributed by atoms with Gasteiger partial charge in [0.25, 0.3) is 0 Å². The minimum absolute atomic E-state index is 0.355. The van der Waals surface area contributed by atoms with Gasteiger partial charge in [0.15, 0.2) is 0 Å². The lowest BCUT2D eigenvalue weighted by molar-refractivity contribution is 0.0699. The predicted octanol–water partition coefficient (Wildman–Crippen LogP) is 6.49. The number of aromatic amines is 1. The maximum absolute atomic E-state index is 12.0. The molecule has 4 nitrogen and oxygen atoms in total. The summed E-state index contributed by atoms with van der Waals surface area (Å²) in [5.41, 5.74) is 11.2. The van der Waals surface area contributed by atoms with E-state index in [4.69, 9.17) is 5.73 Å². The molecule has 0 aliphatic rings. The number of benzene rings is 3. The second kappa shape index (κ2) is 7.84. The van der Waals surface area contributed by atoms with Crippen LogP contribution in [0.3, 0.4) is 0 Å². The molecule has 0 aliphatic heterocycles. The van der Waals surface area contributed by atoms with Crippen molar-refractivity contribution in [2.45, 2.75) is 26.2 Å². The summed E-state index contributed by atoms with van der Waals surface area (Å²) in [6.07, 6.45) is 2.63. The molecular formula is C26H24N2O2S. The molecule has 0 atom stereocenters. The number of rotatable bonds is 6. The van der Waals surface area contributed by atoms with Gasteiger partial charge in [-0.25, -0.2) is 4.79 Å². The zero-order valence-corrected chi connectivity index (χ0v) is 18.2. The third-order valence-electron chi connectivity index (χ3n) is 6.04. The summed E-state index contributed by atoms with van der Waals surface area (Å²) in [5, 5.41) is 13.2. The van der Waals surface area contributed by atoms with Crippen molar-refractivity contribution >= 4 is 48.4 Å². The molecule has 2 aromatic heterocycles. The van der Waals surface area contributed by atoms with Crippen LogP contribution in [0.5, 0.6) is 0 Å². The first-order valence-electron chi connectivity index (χ1n) is 10.6. The van der Waals surface area contributed by atoms with Crippen LogP contribution >= 0.6 is 11.3 Å². The maximum atomic E-state index is 12.0. The number of H-pyrrole nitrogens is 1. The van der Waals surface area contributed by atoms with Crippen LogP contribution < -0.4 is 5.73 Å². The summed E-state index contributed by atoms with van der Waals surface area (Å²) < 4.78 is 2.53. The molecule has 0 saturated heterocycles. The molecule has 0 unspecified atom stereocenters. The van der Waals surface area contributed by atoms with Gasteiger partial charge in [-0.1, -0.05) is 30.3 Å². The van der Waals surface area contributed by atoms with Crippen LogP contribution in [0.1, 0.15) is 34.3 Å². The highest BCUT2D eigenvalue weighted by Crippen LogP contribution is 2.39. The van der Waals surface area contributed by atoms with E-state index in [2.05, 4.69) is 47.4 Å². The van der Waals surface area contributed by atoms with E-state index >= 15 is 0 Å². The Morgan fingerprint density at radius 3 is 2.65 bits per heavy atom. The number of hydrogen-bond acceptors (Lipinski definition) is 3. The van der Waals surface area contributed by atoms with Crippen molar-refractivity contribution in [3.8, 4) is 11.3 Å². The van der Waals surface area contributed by atoms with Gasteiger partial charge in [0, 0.05) is 36.8 Å². The predicted molar refractivity (Wildman–Crippen MR) is 130 cm³/mol. The van der Waals surface area contributed by atoms with E-state index in [0.29, 0.717) is 12.1 Å². The fourth-order valence-electron chi connectivity index (χ4n) is 4.51. The Kier molecular flexibility index (Phi) is 5.00. The molecule has 0 fully saturated rings. The van der Waals surface area contributed by atoms with Crippen molar-refractivity contribution in [3.05, 3.63) is 71.3 Å². The Bertz CT molecular complexity index is 1440. The lowest BCUT2D eigenvalue weighted by Gasteiger charge is -2.07. The molecule has 5 aromatic rings. The quantitative estimate of drug-likeness (QED) is 0.270. The second-order valence-corrected chi connectivity index (χ2v) is 9.10. The topological polar surface area (TPSA) is 79.1 Å². The molecule has 0 bridgehead atoms. The normalized spacial score (nSPS) is 11.7. The number of unbranched alkanes of at least 4 members (excludes halogenated alkanes) is 1. The highest BCUT2D eigenvalue weighted by molar-refractivity contribution is 7.25. The standard InChI is InChI=1S/C26H24N2O2S/c1-15-9-11-19(26(29)30)23-18(7-4-5-13-27)25(28-24(15)23)16-10-12-22-20(14-16)17-6-2-3-8-21(17)31-22/h2-3,6,8-12,14,28H,4-5,7,13,27H2,1H3,(H,29,30). The number of fused-ring (bicyclic) bond motifs is 4. The lowest BCUT2D eigenvalue weighted by Crippen LogP contribution is -2.01. The summed E-state index contributed by atoms with van der Waals surface area (Å²) in [6, 6.07) is 18.6. The largest absolute Gasteiger partial charge is 0.478 e. The van der Waals surface area contributed by atoms with Crippen LogP contribution in [0, 0.1) is 6.92 Å². The first-order valence-corrected chi connectivity index (χ1v) is 11.4. The molecule has 0 spiro atoms. The molecule has 3 aromatic carbocycles. The summed E-state index contributed by atoms with van der Waals surface area (Å²) in [6.45, 7) is 2.66. The van der Waals surface area contributed by atoms with E-state index in [1.54, 1.807) is 17.4 Å². The van der Waals surface area contributed by atoms with E-state index in [1.165, 1.54) is 20.2 Å². The maximum Gasteiger partial charge on any atom is 0.336 e. The summed E-state index contributed by atoms with van der Waals surface area (Å²) >= 11 is 1.80. The van der Waals surface area contributed by atoms with E-state index in [0.717, 1.165) is 52.5 Å². The van der Waals surface area contributed by atoms with Gasteiger partial charge in [-0.15, -0.1) is 11.3 Å². The molecule has 5 rings (SSSR count). The van der Waals surface area contributed by atoms with Crippen molar-refractivity contribution in [1.29, 1.82) is 0 Å². The Balaban J connectivity index is 1.78. The fourth-order valence-corrected chi connectivity index (χ4v) is 5.60. The third-order valence-corrected chi connectivity index (χ3v) is 7.20. The zero-order chi connectivity index (χ0) is 21.5. The molecule has 0 radical (unpaired) electrons. The summed E-state index contributed by atoms with van der Waals surface area (Å²) in [4.78, 5) is 15.6. The number of aromatic nitrogens is 1. The number of hydrogen-bond donors (Lipinski definition) is 3. The summed E-state index contributed by atoms with van der Waals surface area (Å²) in [7, 11) is 0. The van der Waals surface area contributed by atoms with Gasteiger partial charge in [0.1, 0.15) is 0 Å². The van der Waals surface area contributed by atoms with Gasteiger partial charge in [-0.3, -0.25) is 0 Å². The molecule has 31 heavy (non-hydrogen) atoms. The molecule has 5 heteroatoms. The van der Waals surface area contributed by atoms with Crippen LogP contribution in [-0.4, -0.2) is 22.6 Å². The second-order valence-electron chi connectivity index (χ2n) is 8.02. The Hall–Kier alpha value is -3.15. The number of nitrogens with two attached hydrogens (primary N) is 1. The monoisotopic (exact) mass is 428 g/mol. The van der Waals surface area contributed by atoms with Gasteiger partial charge >= 0.3 is 5.97 Å². The van der Waals surface area contributed by atoms with E-state index < -0.39 is 5.97 Å². The smallest absolute Gasteiger partial charge is 0.336 e. The number of carboxylic acid groups (broad SMARTS) is 1. The molecular weight excluding hydrogens is 404 g/mol. The van der Waals surface area contributed by atoms with E-state index in [9.17, 15) is 9.90 Å². The van der Waals surface area contributed by atoms with Crippen LogP contribution in [-0.2, 0) is 6.42 Å². The Morgan fingerprint density at radius 2 is 1.84 bits per heavy atom. The third kappa shape index (κ3) is 3.30. The first-order chi connectivity index (χ1) is 15.1. The van der Waals surface area contributed by atoms with E-state index in [-0.39, 0.29) is 0 Å². The van der Waals surface area contributed by atoms with Crippen LogP contribution in [0.15, 0.2) is 54.6 Å². The summed E-state index contributed by atoms with van der Waals surface area (Å²) in [5.74, 6) is -0.894. The van der Waals surface area contributed by atoms with Crippen molar-refractivity contribution in [3.63, 3.8) is 0 Å². The number of carbonyl (C=O) groups is 1. The number of carboxylic acids is 1. The average Bonchev–Trinajstić information content (AvgIpc) is 3.33. The van der Waals surface area contributed by atoms with E-state index in [1.807, 2.05) is 13.0 Å². The van der Waals surface area contributed by atoms with Crippen LogP contribution in [0.2, 0.25) is 0 Å².